The van der Waals surface area contributed by atoms with E-state index in [0.717, 1.165) is 32.6 Å². The maximum atomic E-state index is 11.4. The zero-order valence-electron chi connectivity index (χ0n) is 12.7. The minimum Gasteiger partial charge on any atom is -0.314 e. The molecule has 1 rings (SSSR count). The number of nitrogens with zero attached hydrogens (tertiary/aromatic N) is 1. The first-order chi connectivity index (χ1) is 8.98. The Kier molecular flexibility index (Phi) is 7.32. The molecule has 2 unspecified atom stereocenters. The Labute approximate surface area is 118 Å². The fourth-order valence-corrected chi connectivity index (χ4v) is 3.58. The molecule has 0 aromatic rings. The molecule has 0 radical (unpaired) electrons. The lowest BCUT2D eigenvalue weighted by molar-refractivity contribution is 0.148. The van der Waals surface area contributed by atoms with Crippen LogP contribution in [0.2, 0.25) is 0 Å². The molecule has 0 aromatic heterocycles. The van der Waals surface area contributed by atoms with Gasteiger partial charge in [-0.3, -0.25) is 0 Å². The molecule has 1 saturated heterocycles. The van der Waals surface area contributed by atoms with Gasteiger partial charge in [-0.05, 0) is 44.8 Å². The second-order valence-electron chi connectivity index (χ2n) is 5.72. The highest BCUT2D eigenvalue weighted by Crippen LogP contribution is 2.17. The van der Waals surface area contributed by atoms with Crippen LogP contribution in [0.5, 0.6) is 0 Å². The summed E-state index contributed by atoms with van der Waals surface area (Å²) >= 11 is 0. The van der Waals surface area contributed by atoms with Crippen molar-refractivity contribution in [3.8, 4) is 0 Å². The number of likely N-dealkylation sites (tertiary alicyclic amines) is 1. The van der Waals surface area contributed by atoms with E-state index < -0.39 is 9.84 Å². The largest absolute Gasteiger partial charge is 0.314 e. The third kappa shape index (κ3) is 6.23. The van der Waals surface area contributed by atoms with Gasteiger partial charge in [-0.2, -0.15) is 0 Å². The maximum absolute atomic E-state index is 11.4. The second kappa shape index (κ2) is 8.22. The highest BCUT2D eigenvalue weighted by atomic mass is 32.2. The molecule has 1 fully saturated rings. The molecule has 4 nitrogen and oxygen atoms in total. The van der Waals surface area contributed by atoms with Gasteiger partial charge in [-0.15, -0.1) is 0 Å². The molecule has 1 aliphatic heterocycles. The molecular weight excluding hydrogens is 260 g/mol. The van der Waals surface area contributed by atoms with Crippen molar-refractivity contribution in [2.45, 2.75) is 46.1 Å². The molecule has 114 valence electrons. The molecule has 19 heavy (non-hydrogen) atoms. The van der Waals surface area contributed by atoms with Gasteiger partial charge in [0.1, 0.15) is 9.84 Å². The summed E-state index contributed by atoms with van der Waals surface area (Å²) < 4.78 is 22.9. The van der Waals surface area contributed by atoms with Crippen molar-refractivity contribution in [1.29, 1.82) is 0 Å². The van der Waals surface area contributed by atoms with E-state index in [0.29, 0.717) is 17.7 Å². The van der Waals surface area contributed by atoms with Crippen LogP contribution in [0.3, 0.4) is 0 Å². The van der Waals surface area contributed by atoms with E-state index in [1.54, 1.807) is 6.92 Å². The monoisotopic (exact) mass is 290 g/mol. The molecular formula is C14H30N2O2S. The van der Waals surface area contributed by atoms with Gasteiger partial charge in [-0.25, -0.2) is 8.42 Å². The molecule has 0 spiro atoms. The van der Waals surface area contributed by atoms with Crippen LogP contribution in [0.25, 0.3) is 0 Å². The number of hydrogen-bond acceptors (Lipinski definition) is 4. The first-order valence-electron chi connectivity index (χ1n) is 7.64. The van der Waals surface area contributed by atoms with Crippen molar-refractivity contribution in [2.24, 2.45) is 5.92 Å². The summed E-state index contributed by atoms with van der Waals surface area (Å²) in [6.45, 7) is 10.4. The number of hydrogen-bond donors (Lipinski definition) is 1. The van der Waals surface area contributed by atoms with Crippen molar-refractivity contribution >= 4 is 9.84 Å². The summed E-state index contributed by atoms with van der Waals surface area (Å²) in [6.07, 6.45) is 3.14. The van der Waals surface area contributed by atoms with Gasteiger partial charge in [0.15, 0.2) is 0 Å². The fourth-order valence-electron chi connectivity index (χ4n) is 2.72. The Morgan fingerprint density at radius 2 is 2.05 bits per heavy atom. The Morgan fingerprint density at radius 3 is 2.63 bits per heavy atom. The third-order valence-corrected chi connectivity index (χ3v) is 5.81. The number of rotatable bonds is 8. The SMILES string of the molecule is CCCNC1CCN(CCCS(=O)(=O)CC)CC1C. The van der Waals surface area contributed by atoms with Crippen molar-refractivity contribution in [3.05, 3.63) is 0 Å². The van der Waals surface area contributed by atoms with Crippen LogP contribution in [0.15, 0.2) is 0 Å². The lowest BCUT2D eigenvalue weighted by Gasteiger charge is -2.37. The molecule has 1 aliphatic rings. The fraction of sp³-hybridized carbons (Fsp3) is 1.00. The molecule has 2 atom stereocenters. The van der Waals surface area contributed by atoms with E-state index in [9.17, 15) is 8.42 Å². The van der Waals surface area contributed by atoms with Crippen molar-refractivity contribution in [1.82, 2.24) is 10.2 Å². The van der Waals surface area contributed by atoms with Gasteiger partial charge in [0.25, 0.3) is 0 Å². The molecule has 1 N–H and O–H groups in total. The predicted molar refractivity (Wildman–Crippen MR) is 81.2 cm³/mol. The van der Waals surface area contributed by atoms with Crippen LogP contribution >= 0.6 is 0 Å². The van der Waals surface area contributed by atoms with Crippen LogP contribution < -0.4 is 5.32 Å². The second-order valence-corrected chi connectivity index (χ2v) is 8.19. The van der Waals surface area contributed by atoms with Crippen LogP contribution in [-0.2, 0) is 9.84 Å². The average Bonchev–Trinajstić information content (AvgIpc) is 2.37. The summed E-state index contributed by atoms with van der Waals surface area (Å²) in [7, 11) is -2.80. The van der Waals surface area contributed by atoms with Gasteiger partial charge in [-0.1, -0.05) is 20.8 Å². The summed E-state index contributed by atoms with van der Waals surface area (Å²) in [5.41, 5.74) is 0. The molecule has 1 heterocycles. The molecule has 0 amide bonds. The Morgan fingerprint density at radius 1 is 1.32 bits per heavy atom. The van der Waals surface area contributed by atoms with E-state index in [4.69, 9.17) is 0 Å². The van der Waals surface area contributed by atoms with E-state index >= 15 is 0 Å². The molecule has 0 aliphatic carbocycles. The predicted octanol–water partition coefficient (Wildman–Crippen LogP) is 1.52. The van der Waals surface area contributed by atoms with Crippen LogP contribution in [0.4, 0.5) is 0 Å². The standard InChI is InChI=1S/C14H30N2O2S/c1-4-8-15-14-7-10-16(12-13(14)3)9-6-11-19(17,18)5-2/h13-15H,4-12H2,1-3H3. The van der Waals surface area contributed by atoms with Gasteiger partial charge >= 0.3 is 0 Å². The van der Waals surface area contributed by atoms with Gasteiger partial charge < -0.3 is 10.2 Å². The van der Waals surface area contributed by atoms with Crippen LogP contribution in [0, 0.1) is 5.92 Å². The molecule has 0 saturated carbocycles. The first kappa shape index (κ1) is 16.9. The quantitative estimate of drug-likeness (QED) is 0.736. The van der Waals surface area contributed by atoms with E-state index in [1.807, 2.05) is 0 Å². The van der Waals surface area contributed by atoms with Crippen LogP contribution in [-0.4, -0.2) is 57.0 Å². The average molecular weight is 290 g/mol. The van der Waals surface area contributed by atoms with E-state index in [2.05, 4.69) is 24.1 Å². The number of sulfone groups is 1. The highest BCUT2D eigenvalue weighted by Gasteiger charge is 2.25. The first-order valence-corrected chi connectivity index (χ1v) is 9.46. The summed E-state index contributed by atoms with van der Waals surface area (Å²) in [4.78, 5) is 2.42. The molecule has 0 bridgehead atoms. The van der Waals surface area contributed by atoms with Gasteiger partial charge in [0.05, 0.1) is 5.75 Å². The zero-order valence-corrected chi connectivity index (χ0v) is 13.5. The zero-order chi connectivity index (χ0) is 14.3. The van der Waals surface area contributed by atoms with E-state index in [1.165, 1.54) is 12.8 Å². The topological polar surface area (TPSA) is 49.4 Å². The lowest BCUT2D eigenvalue weighted by atomic mass is 9.93. The summed E-state index contributed by atoms with van der Waals surface area (Å²) in [5.74, 6) is 1.27. The van der Waals surface area contributed by atoms with Crippen LogP contribution in [0.1, 0.15) is 40.0 Å². The van der Waals surface area contributed by atoms with Crippen molar-refractivity contribution < 1.29 is 8.42 Å². The smallest absolute Gasteiger partial charge is 0.150 e. The number of piperidine rings is 1. The number of nitrogens with one attached hydrogen (secondary N) is 1. The van der Waals surface area contributed by atoms with Gasteiger partial charge in [0.2, 0.25) is 0 Å². The Bertz CT molecular complexity index is 343. The molecule has 5 heteroatoms. The normalized spacial score (nSPS) is 25.6. The Hall–Kier alpha value is -0.130. The Balaban J connectivity index is 2.25. The summed E-state index contributed by atoms with van der Waals surface area (Å²) in [6, 6.07) is 0.635. The highest BCUT2D eigenvalue weighted by molar-refractivity contribution is 7.91. The minimum atomic E-state index is -2.80. The maximum Gasteiger partial charge on any atom is 0.150 e. The lowest BCUT2D eigenvalue weighted by Crippen LogP contribution is -2.48. The third-order valence-electron chi connectivity index (χ3n) is 4.02. The van der Waals surface area contributed by atoms with Crippen molar-refractivity contribution in [2.75, 3.05) is 37.7 Å². The summed E-state index contributed by atoms with van der Waals surface area (Å²) in [5, 5.41) is 3.61. The van der Waals surface area contributed by atoms with Gasteiger partial charge in [0, 0.05) is 18.3 Å². The van der Waals surface area contributed by atoms with E-state index in [-0.39, 0.29) is 5.75 Å². The minimum absolute atomic E-state index is 0.270. The molecule has 0 aromatic carbocycles. The van der Waals surface area contributed by atoms with Crippen molar-refractivity contribution in [3.63, 3.8) is 0 Å².